The van der Waals surface area contributed by atoms with E-state index in [0.29, 0.717) is 23.3 Å². The number of nitriles is 1. The van der Waals surface area contributed by atoms with Crippen LogP contribution >= 0.6 is 11.6 Å². The van der Waals surface area contributed by atoms with Gasteiger partial charge in [-0.25, -0.2) is 4.79 Å². The number of hydrogen-bond donors (Lipinski definition) is 0. The minimum atomic E-state index is -0.397. The number of carbonyl (C=O) groups excluding carboxylic acids is 1. The van der Waals surface area contributed by atoms with Gasteiger partial charge in [-0.05, 0) is 37.1 Å². The minimum Gasteiger partial charge on any atom is -0.462 e. The molecule has 0 bridgehead atoms. The summed E-state index contributed by atoms with van der Waals surface area (Å²) >= 11 is 5.74. The van der Waals surface area contributed by atoms with Crippen LogP contribution in [0.25, 0.3) is 0 Å². The molecule has 4 heteroatoms. The summed E-state index contributed by atoms with van der Waals surface area (Å²) in [6.07, 6.45) is 0. The number of halogens is 1. The summed E-state index contributed by atoms with van der Waals surface area (Å²) in [5.41, 5.74) is 2.35. The SMILES string of the molecule is CCOC(=O)c1cc(C)c(C#N)cc1CCl. The van der Waals surface area contributed by atoms with Crippen molar-refractivity contribution in [3.63, 3.8) is 0 Å². The number of hydrogen-bond acceptors (Lipinski definition) is 3. The quantitative estimate of drug-likeness (QED) is 0.600. The highest BCUT2D eigenvalue weighted by Gasteiger charge is 2.14. The van der Waals surface area contributed by atoms with Gasteiger partial charge in [-0.2, -0.15) is 5.26 Å². The van der Waals surface area contributed by atoms with E-state index in [4.69, 9.17) is 21.6 Å². The molecule has 3 nitrogen and oxygen atoms in total. The molecule has 1 aromatic rings. The summed E-state index contributed by atoms with van der Waals surface area (Å²) in [5, 5.41) is 8.86. The van der Waals surface area contributed by atoms with Gasteiger partial charge in [0.05, 0.1) is 23.8 Å². The van der Waals surface area contributed by atoms with Gasteiger partial charge in [0.25, 0.3) is 0 Å². The van der Waals surface area contributed by atoms with Crippen LogP contribution in [0, 0.1) is 18.3 Å². The molecule has 0 heterocycles. The molecule has 84 valence electrons. The number of alkyl halides is 1. The van der Waals surface area contributed by atoms with Crippen LogP contribution in [-0.2, 0) is 10.6 Å². The number of rotatable bonds is 3. The van der Waals surface area contributed by atoms with Gasteiger partial charge in [-0.1, -0.05) is 0 Å². The fraction of sp³-hybridized carbons (Fsp3) is 0.333. The molecule has 1 rings (SSSR count). The highest BCUT2D eigenvalue weighted by atomic mass is 35.5. The topological polar surface area (TPSA) is 50.1 Å². The first-order chi connectivity index (χ1) is 7.63. The van der Waals surface area contributed by atoms with Crippen LogP contribution < -0.4 is 0 Å². The molecule has 0 aliphatic rings. The van der Waals surface area contributed by atoms with Crippen molar-refractivity contribution in [3.8, 4) is 6.07 Å². The number of carbonyl (C=O) groups is 1. The Labute approximate surface area is 99.6 Å². The van der Waals surface area contributed by atoms with Crippen molar-refractivity contribution in [2.45, 2.75) is 19.7 Å². The molecule has 0 saturated heterocycles. The summed E-state index contributed by atoms with van der Waals surface area (Å²) in [6.45, 7) is 3.84. The second kappa shape index (κ2) is 5.53. The minimum absolute atomic E-state index is 0.184. The normalized spacial score (nSPS) is 9.62. The van der Waals surface area contributed by atoms with Gasteiger partial charge in [0.15, 0.2) is 0 Å². The largest absolute Gasteiger partial charge is 0.462 e. The molecule has 0 aromatic heterocycles. The van der Waals surface area contributed by atoms with E-state index in [1.54, 1.807) is 26.0 Å². The maximum Gasteiger partial charge on any atom is 0.338 e. The Balaban J connectivity index is 3.24. The van der Waals surface area contributed by atoms with Gasteiger partial charge in [-0.15, -0.1) is 11.6 Å². The first kappa shape index (κ1) is 12.5. The average Bonchev–Trinajstić information content (AvgIpc) is 2.29. The molecular formula is C12H12ClNO2. The molecule has 0 saturated carbocycles. The van der Waals surface area contributed by atoms with E-state index >= 15 is 0 Å². The van der Waals surface area contributed by atoms with Gasteiger partial charge < -0.3 is 4.74 Å². The molecule has 0 aliphatic carbocycles. The number of benzene rings is 1. The summed E-state index contributed by atoms with van der Waals surface area (Å²) in [5.74, 6) is -0.214. The molecule has 0 amide bonds. The second-order valence-electron chi connectivity index (χ2n) is 3.29. The van der Waals surface area contributed by atoms with Gasteiger partial charge in [0, 0.05) is 5.88 Å². The summed E-state index contributed by atoms with van der Waals surface area (Å²) in [6, 6.07) is 5.34. The van der Waals surface area contributed by atoms with Crippen LogP contribution in [0.2, 0.25) is 0 Å². The first-order valence-electron chi connectivity index (χ1n) is 4.90. The third-order valence-corrected chi connectivity index (χ3v) is 2.50. The zero-order valence-corrected chi connectivity index (χ0v) is 9.97. The average molecular weight is 238 g/mol. The molecule has 0 N–H and O–H groups in total. The van der Waals surface area contributed by atoms with Gasteiger partial charge in [0.2, 0.25) is 0 Å². The highest BCUT2D eigenvalue weighted by molar-refractivity contribution is 6.17. The molecule has 0 aliphatic heterocycles. The van der Waals surface area contributed by atoms with E-state index < -0.39 is 5.97 Å². The number of aryl methyl sites for hydroxylation is 1. The summed E-state index contributed by atoms with van der Waals surface area (Å²) in [7, 11) is 0. The maximum atomic E-state index is 11.6. The van der Waals surface area contributed by atoms with Gasteiger partial charge in [0.1, 0.15) is 0 Å². The van der Waals surface area contributed by atoms with Crippen LogP contribution in [-0.4, -0.2) is 12.6 Å². The number of nitrogens with zero attached hydrogens (tertiary/aromatic N) is 1. The van der Waals surface area contributed by atoms with E-state index in [9.17, 15) is 4.79 Å². The molecule has 0 radical (unpaired) electrons. The van der Waals surface area contributed by atoms with Crippen molar-refractivity contribution in [1.82, 2.24) is 0 Å². The fourth-order valence-electron chi connectivity index (χ4n) is 1.38. The van der Waals surface area contributed by atoms with Crippen LogP contribution in [0.15, 0.2) is 12.1 Å². The Kier molecular flexibility index (Phi) is 4.33. The lowest BCUT2D eigenvalue weighted by Gasteiger charge is -2.08. The number of esters is 1. The maximum absolute atomic E-state index is 11.6. The van der Waals surface area contributed by atoms with Crippen molar-refractivity contribution in [3.05, 3.63) is 34.4 Å². The first-order valence-corrected chi connectivity index (χ1v) is 5.44. The fourth-order valence-corrected chi connectivity index (χ4v) is 1.60. The van der Waals surface area contributed by atoms with Gasteiger partial charge >= 0.3 is 5.97 Å². The van der Waals surface area contributed by atoms with Crippen molar-refractivity contribution < 1.29 is 9.53 Å². The summed E-state index contributed by atoms with van der Waals surface area (Å²) < 4.78 is 4.92. The monoisotopic (exact) mass is 237 g/mol. The van der Waals surface area contributed by atoms with E-state index in [2.05, 4.69) is 6.07 Å². The molecule has 16 heavy (non-hydrogen) atoms. The van der Waals surface area contributed by atoms with Crippen molar-refractivity contribution >= 4 is 17.6 Å². The predicted molar refractivity (Wildman–Crippen MR) is 61.4 cm³/mol. The Morgan fingerprint density at radius 2 is 2.25 bits per heavy atom. The van der Waals surface area contributed by atoms with E-state index in [1.807, 2.05) is 0 Å². The van der Waals surface area contributed by atoms with Crippen LogP contribution in [0.1, 0.15) is 34.0 Å². The molecule has 0 atom stereocenters. The molecule has 1 aromatic carbocycles. The Morgan fingerprint density at radius 3 is 2.75 bits per heavy atom. The lowest BCUT2D eigenvalue weighted by molar-refractivity contribution is 0.0525. The van der Waals surface area contributed by atoms with Crippen LogP contribution in [0.5, 0.6) is 0 Å². The van der Waals surface area contributed by atoms with Crippen molar-refractivity contribution in [2.75, 3.05) is 6.61 Å². The van der Waals surface area contributed by atoms with E-state index in [0.717, 1.165) is 5.56 Å². The van der Waals surface area contributed by atoms with Crippen molar-refractivity contribution in [1.29, 1.82) is 5.26 Å². The van der Waals surface area contributed by atoms with Crippen LogP contribution in [0.3, 0.4) is 0 Å². The lowest BCUT2D eigenvalue weighted by Crippen LogP contribution is -2.08. The lowest BCUT2D eigenvalue weighted by atomic mass is 10.0. The van der Waals surface area contributed by atoms with E-state index in [1.165, 1.54) is 0 Å². The Bertz CT molecular complexity index is 449. The van der Waals surface area contributed by atoms with E-state index in [-0.39, 0.29) is 5.88 Å². The standard InChI is InChI=1S/C12H12ClNO2/c1-3-16-12(15)11-4-8(2)10(7-14)5-9(11)6-13/h4-5H,3,6H2,1-2H3. The third-order valence-electron chi connectivity index (χ3n) is 2.21. The molecule has 0 spiro atoms. The summed E-state index contributed by atoms with van der Waals surface area (Å²) in [4.78, 5) is 11.6. The second-order valence-corrected chi connectivity index (χ2v) is 3.56. The Hall–Kier alpha value is -1.53. The predicted octanol–water partition coefficient (Wildman–Crippen LogP) is 2.78. The zero-order valence-electron chi connectivity index (χ0n) is 9.21. The van der Waals surface area contributed by atoms with Gasteiger partial charge in [-0.3, -0.25) is 0 Å². The van der Waals surface area contributed by atoms with Crippen LogP contribution in [0.4, 0.5) is 0 Å². The smallest absolute Gasteiger partial charge is 0.338 e. The Morgan fingerprint density at radius 1 is 1.56 bits per heavy atom. The molecule has 0 unspecified atom stereocenters. The highest BCUT2D eigenvalue weighted by Crippen LogP contribution is 2.19. The third kappa shape index (κ3) is 2.53. The zero-order chi connectivity index (χ0) is 12.1. The number of ether oxygens (including phenoxy) is 1. The molecule has 0 fully saturated rings. The molecular weight excluding hydrogens is 226 g/mol. The van der Waals surface area contributed by atoms with Crippen molar-refractivity contribution in [2.24, 2.45) is 0 Å².